The van der Waals surface area contributed by atoms with Crippen molar-refractivity contribution in [1.29, 1.82) is 0 Å². The van der Waals surface area contributed by atoms with Crippen LogP contribution in [0.5, 0.6) is 0 Å². The van der Waals surface area contributed by atoms with Crippen LogP contribution in [0.4, 0.5) is 0 Å². The number of carbonyl (C=O) groups is 1. The van der Waals surface area contributed by atoms with E-state index in [-0.39, 0.29) is 11.8 Å². The van der Waals surface area contributed by atoms with E-state index in [0.717, 1.165) is 12.0 Å². The highest BCUT2D eigenvalue weighted by Gasteiger charge is 2.60. The van der Waals surface area contributed by atoms with Gasteiger partial charge in [-0.05, 0) is 37.7 Å². The minimum Gasteiger partial charge on any atom is -0.481 e. The molecule has 2 heteroatoms. The second-order valence-electron chi connectivity index (χ2n) is 8.77. The zero-order valence-electron chi connectivity index (χ0n) is 17.6. The van der Waals surface area contributed by atoms with Crippen molar-refractivity contribution in [3.63, 3.8) is 0 Å². The second-order valence-corrected chi connectivity index (χ2v) is 8.77. The summed E-state index contributed by atoms with van der Waals surface area (Å²) < 4.78 is 0. The first kappa shape index (κ1) is 20.4. The van der Waals surface area contributed by atoms with Crippen LogP contribution in [-0.4, -0.2) is 11.1 Å². The number of fused-ring (bicyclic) bond motifs is 1. The summed E-state index contributed by atoms with van der Waals surface area (Å²) in [7, 11) is 0. The molecular formula is C26H32O2. The monoisotopic (exact) mass is 376 g/mol. The van der Waals surface area contributed by atoms with Gasteiger partial charge in [-0.25, -0.2) is 0 Å². The predicted octanol–water partition coefficient (Wildman–Crippen LogP) is 6.53. The molecule has 0 heterocycles. The molecule has 2 nitrogen and oxygen atoms in total. The molecule has 1 N–H and O–H groups in total. The van der Waals surface area contributed by atoms with Crippen LogP contribution in [-0.2, 0) is 4.79 Å². The Morgan fingerprint density at radius 2 is 1.86 bits per heavy atom. The van der Waals surface area contributed by atoms with Crippen LogP contribution in [0, 0.1) is 28.6 Å². The van der Waals surface area contributed by atoms with Gasteiger partial charge in [0, 0.05) is 11.3 Å². The molecule has 0 saturated heterocycles. The number of hydrogen-bond acceptors (Lipinski definition) is 1. The summed E-state index contributed by atoms with van der Waals surface area (Å²) in [6.07, 6.45) is 13.6. The van der Waals surface area contributed by atoms with E-state index in [4.69, 9.17) is 0 Å². The molecule has 148 valence electrons. The van der Waals surface area contributed by atoms with E-state index >= 15 is 0 Å². The lowest BCUT2D eigenvalue weighted by Gasteiger charge is -2.51. The Kier molecular flexibility index (Phi) is 5.52. The maximum Gasteiger partial charge on any atom is 0.311 e. The van der Waals surface area contributed by atoms with Gasteiger partial charge in [0.2, 0.25) is 0 Å². The van der Waals surface area contributed by atoms with Gasteiger partial charge in [-0.3, -0.25) is 4.79 Å². The van der Waals surface area contributed by atoms with E-state index in [2.05, 4.69) is 64.1 Å². The number of aliphatic carboxylic acids is 1. The Balaban J connectivity index is 2.01. The van der Waals surface area contributed by atoms with Crippen molar-refractivity contribution in [1.82, 2.24) is 0 Å². The number of benzene rings is 1. The van der Waals surface area contributed by atoms with E-state index in [0.29, 0.717) is 5.92 Å². The summed E-state index contributed by atoms with van der Waals surface area (Å²) in [5, 5.41) is 10.4. The number of allylic oxidation sites excluding steroid dienone is 7. The van der Waals surface area contributed by atoms with E-state index < -0.39 is 16.8 Å². The Morgan fingerprint density at radius 1 is 1.18 bits per heavy atom. The molecule has 0 saturated carbocycles. The number of rotatable bonds is 5. The fourth-order valence-electron chi connectivity index (χ4n) is 5.45. The van der Waals surface area contributed by atoms with Crippen molar-refractivity contribution in [2.45, 2.75) is 41.0 Å². The minimum atomic E-state index is -0.874. The van der Waals surface area contributed by atoms with Crippen LogP contribution in [0.25, 0.3) is 6.08 Å². The van der Waals surface area contributed by atoms with Gasteiger partial charge in [-0.1, -0.05) is 98.7 Å². The maximum absolute atomic E-state index is 12.7. The molecule has 1 aromatic carbocycles. The van der Waals surface area contributed by atoms with Gasteiger partial charge >= 0.3 is 5.97 Å². The Hall–Kier alpha value is -2.35. The van der Waals surface area contributed by atoms with Gasteiger partial charge in [0.25, 0.3) is 0 Å². The number of hydrogen-bond donors (Lipinski definition) is 1. The Labute approximate surface area is 169 Å². The van der Waals surface area contributed by atoms with Gasteiger partial charge in [0.15, 0.2) is 0 Å². The summed E-state index contributed by atoms with van der Waals surface area (Å²) in [6.45, 7) is 10.6. The molecule has 0 bridgehead atoms. The molecule has 0 aromatic heterocycles. The van der Waals surface area contributed by atoms with E-state index in [1.807, 2.05) is 37.3 Å². The first-order valence-electron chi connectivity index (χ1n) is 10.3. The average Bonchev–Trinajstić information content (AvgIpc) is 3.01. The molecule has 0 amide bonds. The van der Waals surface area contributed by atoms with Crippen LogP contribution < -0.4 is 0 Å². The predicted molar refractivity (Wildman–Crippen MR) is 117 cm³/mol. The van der Waals surface area contributed by atoms with Crippen LogP contribution in [0.15, 0.2) is 71.9 Å². The van der Waals surface area contributed by atoms with Gasteiger partial charge in [0.05, 0.1) is 5.41 Å². The SMILES string of the molecule is CCC1=CC(C)C2C(C)=CC(C)(C=CC=Cc3ccccc3)C(C)(C(=O)O)C12. The molecule has 0 radical (unpaired) electrons. The molecule has 3 rings (SSSR count). The van der Waals surface area contributed by atoms with Crippen molar-refractivity contribution >= 4 is 12.0 Å². The fourth-order valence-corrected chi connectivity index (χ4v) is 5.45. The lowest BCUT2D eigenvalue weighted by Crippen LogP contribution is -2.53. The quantitative estimate of drug-likeness (QED) is 0.468. The zero-order chi connectivity index (χ0) is 20.5. The van der Waals surface area contributed by atoms with Crippen molar-refractivity contribution < 1.29 is 9.90 Å². The molecule has 2 aliphatic rings. The smallest absolute Gasteiger partial charge is 0.311 e. The lowest BCUT2D eigenvalue weighted by molar-refractivity contribution is -0.158. The van der Waals surface area contributed by atoms with Crippen LogP contribution in [0.2, 0.25) is 0 Å². The van der Waals surface area contributed by atoms with E-state index in [1.165, 1.54) is 11.1 Å². The first-order chi connectivity index (χ1) is 13.2. The maximum atomic E-state index is 12.7. The van der Waals surface area contributed by atoms with Crippen molar-refractivity contribution in [2.24, 2.45) is 28.6 Å². The van der Waals surface area contributed by atoms with Crippen LogP contribution in [0.3, 0.4) is 0 Å². The number of carboxylic acids is 1. The topological polar surface area (TPSA) is 37.3 Å². The highest BCUT2D eigenvalue weighted by molar-refractivity contribution is 5.78. The zero-order valence-corrected chi connectivity index (χ0v) is 17.6. The van der Waals surface area contributed by atoms with E-state index in [9.17, 15) is 9.90 Å². The van der Waals surface area contributed by atoms with Crippen molar-refractivity contribution in [2.75, 3.05) is 0 Å². The molecule has 5 unspecified atom stereocenters. The van der Waals surface area contributed by atoms with Crippen LogP contribution in [0.1, 0.15) is 46.6 Å². The average molecular weight is 377 g/mol. The van der Waals surface area contributed by atoms with Crippen molar-refractivity contribution in [3.8, 4) is 0 Å². The van der Waals surface area contributed by atoms with Gasteiger partial charge in [-0.2, -0.15) is 0 Å². The van der Waals surface area contributed by atoms with Crippen LogP contribution >= 0.6 is 0 Å². The molecule has 0 fully saturated rings. The fraction of sp³-hybridized carbons (Fsp3) is 0.423. The Morgan fingerprint density at radius 3 is 2.46 bits per heavy atom. The summed E-state index contributed by atoms with van der Waals surface area (Å²) in [5.74, 6) is 0.0143. The van der Waals surface area contributed by atoms with Gasteiger partial charge in [0.1, 0.15) is 0 Å². The van der Waals surface area contributed by atoms with E-state index in [1.54, 1.807) is 0 Å². The molecule has 0 spiro atoms. The third-order valence-electron chi connectivity index (χ3n) is 7.09. The normalized spacial score (nSPS) is 35.1. The third kappa shape index (κ3) is 3.19. The van der Waals surface area contributed by atoms with Crippen molar-refractivity contribution in [3.05, 3.63) is 77.4 Å². The molecule has 5 atom stereocenters. The lowest BCUT2D eigenvalue weighted by atomic mass is 9.50. The Bertz CT molecular complexity index is 858. The highest BCUT2D eigenvalue weighted by atomic mass is 16.4. The van der Waals surface area contributed by atoms with Gasteiger partial charge < -0.3 is 5.11 Å². The standard InChI is InChI=1S/C26H32O2/c1-6-21-16-18(2)22-19(3)17-25(4,26(5,23(21)22)24(27)28)15-11-10-14-20-12-8-7-9-13-20/h7-18,22-23H,6H2,1-5H3,(H,27,28). The summed E-state index contributed by atoms with van der Waals surface area (Å²) in [6, 6.07) is 10.1. The summed E-state index contributed by atoms with van der Waals surface area (Å²) in [5.41, 5.74) is 2.32. The third-order valence-corrected chi connectivity index (χ3v) is 7.09. The minimum absolute atomic E-state index is 0.0442. The highest BCUT2D eigenvalue weighted by Crippen LogP contribution is 2.62. The molecule has 28 heavy (non-hydrogen) atoms. The molecule has 1 aromatic rings. The molecule has 0 aliphatic heterocycles. The second kappa shape index (κ2) is 7.58. The number of carboxylic acid groups (broad SMARTS) is 1. The van der Waals surface area contributed by atoms with Gasteiger partial charge in [-0.15, -0.1) is 0 Å². The first-order valence-corrected chi connectivity index (χ1v) is 10.3. The summed E-state index contributed by atoms with van der Waals surface area (Å²) in [4.78, 5) is 12.7. The largest absolute Gasteiger partial charge is 0.481 e. The summed E-state index contributed by atoms with van der Waals surface area (Å²) >= 11 is 0. The molecular weight excluding hydrogens is 344 g/mol. The molecule has 2 aliphatic carbocycles.